The van der Waals surface area contributed by atoms with E-state index in [9.17, 15) is 15.3 Å². The van der Waals surface area contributed by atoms with E-state index in [0.717, 1.165) is 39.8 Å². The van der Waals surface area contributed by atoms with Gasteiger partial charge in [0.15, 0.2) is 0 Å². The molecule has 4 aromatic carbocycles. The van der Waals surface area contributed by atoms with E-state index < -0.39 is 0 Å². The molecule has 1 atom stereocenters. The van der Waals surface area contributed by atoms with Gasteiger partial charge in [0, 0.05) is 12.5 Å². The normalized spacial score (nSPS) is 12.9. The maximum Gasteiger partial charge on any atom is 0.119 e. The predicted octanol–water partition coefficient (Wildman–Crippen LogP) is 11.1. The molecule has 4 rings (SSSR count). The van der Waals surface area contributed by atoms with Crippen molar-refractivity contribution in [3.8, 4) is 17.2 Å². The molecule has 48 heavy (non-hydrogen) atoms. The summed E-state index contributed by atoms with van der Waals surface area (Å²) >= 11 is 0. The number of nitrogens with two attached hydrogens (primary N) is 1. The van der Waals surface area contributed by atoms with Gasteiger partial charge in [0.25, 0.3) is 0 Å². The number of benzene rings is 4. The monoisotopic (exact) mass is 651 g/mol. The van der Waals surface area contributed by atoms with Crippen LogP contribution >= 0.6 is 0 Å². The fourth-order valence-corrected chi connectivity index (χ4v) is 6.73. The topological polar surface area (TPSA) is 86.7 Å². The van der Waals surface area contributed by atoms with Crippen LogP contribution in [0, 0.1) is 20.8 Å². The van der Waals surface area contributed by atoms with Crippen LogP contribution in [0.15, 0.2) is 66.7 Å². The van der Waals surface area contributed by atoms with Gasteiger partial charge in [-0.15, -0.1) is 0 Å². The summed E-state index contributed by atoms with van der Waals surface area (Å²) in [5, 5.41) is 32.6. The van der Waals surface area contributed by atoms with Crippen LogP contribution < -0.4 is 5.73 Å². The molecule has 0 saturated heterocycles. The first-order chi connectivity index (χ1) is 22.1. The van der Waals surface area contributed by atoms with Crippen LogP contribution in [0.3, 0.4) is 0 Å². The van der Waals surface area contributed by atoms with E-state index in [4.69, 9.17) is 5.73 Å². The lowest BCUT2D eigenvalue weighted by molar-refractivity contribution is 0.444. The molecule has 4 heteroatoms. The van der Waals surface area contributed by atoms with E-state index >= 15 is 0 Å². The average Bonchev–Trinajstić information content (AvgIpc) is 2.95. The first kappa shape index (κ1) is 38.7. The highest BCUT2D eigenvalue weighted by molar-refractivity contribution is 5.53. The van der Waals surface area contributed by atoms with Gasteiger partial charge in [-0.25, -0.2) is 0 Å². The van der Waals surface area contributed by atoms with Crippen LogP contribution in [0.2, 0.25) is 0 Å². The first-order valence-electron chi connectivity index (χ1n) is 17.3. The van der Waals surface area contributed by atoms with Crippen LogP contribution in [-0.2, 0) is 22.8 Å². The fourth-order valence-electron chi connectivity index (χ4n) is 6.73. The summed E-state index contributed by atoms with van der Waals surface area (Å²) in [5.41, 5.74) is 15.6. The summed E-state index contributed by atoms with van der Waals surface area (Å²) < 4.78 is 0. The standard InChI is InChI=1S/C37H52O3.C7H9N/c1-21(25-18-29(35(5,6)7)32(38)15-22(25)2)14-28(26-19-30(36(8,9)10)33(39)16-23(26)3)27-20-31(37(11,12)13)34(40)17-24(27)4;8-6-7-4-2-1-3-5-7/h15-21,28,38-40H,14H2,1-13H3;1-5H,6,8H2. The fraction of sp³-hybridized carbons (Fsp3) is 0.455. The molecule has 1 unspecified atom stereocenters. The number of phenolic OH excluding ortho intramolecular Hbond substituents is 3. The third kappa shape index (κ3) is 9.23. The Labute approximate surface area is 291 Å². The van der Waals surface area contributed by atoms with Gasteiger partial charge < -0.3 is 21.1 Å². The molecular weight excluding hydrogens is 590 g/mol. The molecule has 0 aliphatic carbocycles. The Hall–Kier alpha value is -3.76. The molecule has 0 aromatic heterocycles. The molecule has 0 saturated carbocycles. The van der Waals surface area contributed by atoms with Gasteiger partial charge in [-0.2, -0.15) is 0 Å². The van der Waals surface area contributed by atoms with Gasteiger partial charge in [0.2, 0.25) is 0 Å². The molecule has 0 heterocycles. The second-order valence-corrected chi connectivity index (χ2v) is 16.8. The Kier molecular flexibility index (Phi) is 11.9. The summed E-state index contributed by atoms with van der Waals surface area (Å²) in [4.78, 5) is 0. The van der Waals surface area contributed by atoms with Crippen molar-refractivity contribution in [3.63, 3.8) is 0 Å². The van der Waals surface area contributed by atoms with Crippen molar-refractivity contribution in [3.05, 3.63) is 122 Å². The summed E-state index contributed by atoms with van der Waals surface area (Å²) in [5.74, 6) is 1.27. The second-order valence-electron chi connectivity index (χ2n) is 16.8. The molecule has 0 amide bonds. The largest absolute Gasteiger partial charge is 0.508 e. The van der Waals surface area contributed by atoms with Crippen LogP contribution in [0.1, 0.15) is 143 Å². The van der Waals surface area contributed by atoms with Crippen LogP contribution in [0.25, 0.3) is 0 Å². The Bertz CT molecular complexity index is 1630. The van der Waals surface area contributed by atoms with Crippen LogP contribution in [0.5, 0.6) is 17.2 Å². The van der Waals surface area contributed by atoms with E-state index in [2.05, 4.69) is 108 Å². The van der Waals surface area contributed by atoms with Crippen molar-refractivity contribution in [2.75, 3.05) is 0 Å². The molecule has 0 bridgehead atoms. The van der Waals surface area contributed by atoms with Gasteiger partial charge >= 0.3 is 0 Å². The zero-order chi connectivity index (χ0) is 36.4. The van der Waals surface area contributed by atoms with E-state index in [1.807, 2.05) is 48.5 Å². The second kappa shape index (κ2) is 14.8. The molecule has 0 aliphatic rings. The number of hydrogen-bond acceptors (Lipinski definition) is 4. The number of rotatable bonds is 6. The number of phenols is 3. The Morgan fingerprint density at radius 1 is 0.542 bits per heavy atom. The summed E-state index contributed by atoms with van der Waals surface area (Å²) in [7, 11) is 0. The van der Waals surface area contributed by atoms with E-state index in [-0.39, 0.29) is 28.1 Å². The van der Waals surface area contributed by atoms with Gasteiger partial charge in [-0.1, -0.05) is 118 Å². The molecular formula is C44H61NO3. The Morgan fingerprint density at radius 3 is 1.19 bits per heavy atom. The quantitative estimate of drug-likeness (QED) is 0.167. The smallest absolute Gasteiger partial charge is 0.119 e. The van der Waals surface area contributed by atoms with Gasteiger partial charge in [-0.3, -0.25) is 0 Å². The predicted molar refractivity (Wildman–Crippen MR) is 204 cm³/mol. The third-order valence-corrected chi connectivity index (χ3v) is 9.53. The molecule has 4 nitrogen and oxygen atoms in total. The van der Waals surface area contributed by atoms with Crippen molar-refractivity contribution in [1.82, 2.24) is 0 Å². The zero-order valence-corrected chi connectivity index (χ0v) is 31.8. The van der Waals surface area contributed by atoms with Gasteiger partial charge in [0.05, 0.1) is 0 Å². The molecule has 5 N–H and O–H groups in total. The zero-order valence-electron chi connectivity index (χ0n) is 31.8. The molecule has 0 aliphatic heterocycles. The SMILES string of the molecule is Cc1cc(O)c(C(C)(C)C)cc1C(C)CC(c1cc(C(C)(C)C)c(O)cc1C)c1cc(C(C)(C)C)c(O)cc1C.NCc1ccccc1. The summed E-state index contributed by atoms with van der Waals surface area (Å²) in [6.07, 6.45) is 0.847. The first-order valence-corrected chi connectivity index (χ1v) is 17.3. The number of hydrogen-bond donors (Lipinski definition) is 4. The van der Waals surface area contributed by atoms with Gasteiger partial charge in [-0.05, 0) is 123 Å². The highest BCUT2D eigenvalue weighted by Crippen LogP contribution is 2.45. The summed E-state index contributed by atoms with van der Waals surface area (Å²) in [6, 6.07) is 22.3. The number of aryl methyl sites for hydroxylation is 3. The Balaban J connectivity index is 0.000000681. The lowest BCUT2D eigenvalue weighted by Gasteiger charge is -2.31. The maximum absolute atomic E-state index is 10.9. The van der Waals surface area contributed by atoms with Gasteiger partial charge in [0.1, 0.15) is 17.2 Å². The minimum atomic E-state index is -0.210. The lowest BCUT2D eigenvalue weighted by Crippen LogP contribution is -2.17. The van der Waals surface area contributed by atoms with Crippen molar-refractivity contribution in [2.24, 2.45) is 5.73 Å². The van der Waals surface area contributed by atoms with Crippen LogP contribution in [-0.4, -0.2) is 15.3 Å². The van der Waals surface area contributed by atoms with Crippen LogP contribution in [0.4, 0.5) is 0 Å². The van der Waals surface area contributed by atoms with Crippen molar-refractivity contribution in [2.45, 2.75) is 131 Å². The van der Waals surface area contributed by atoms with Crippen molar-refractivity contribution in [1.29, 1.82) is 0 Å². The average molecular weight is 652 g/mol. The molecule has 0 fully saturated rings. The van der Waals surface area contributed by atoms with E-state index in [1.165, 1.54) is 22.3 Å². The lowest BCUT2D eigenvalue weighted by atomic mass is 9.74. The third-order valence-electron chi connectivity index (χ3n) is 9.53. The molecule has 260 valence electrons. The van der Waals surface area contributed by atoms with E-state index in [0.29, 0.717) is 23.8 Å². The van der Waals surface area contributed by atoms with Crippen molar-refractivity contribution >= 4 is 0 Å². The van der Waals surface area contributed by atoms with E-state index in [1.54, 1.807) is 0 Å². The summed E-state index contributed by atoms with van der Waals surface area (Å²) in [6.45, 7) is 28.4. The van der Waals surface area contributed by atoms with Crippen molar-refractivity contribution < 1.29 is 15.3 Å². The number of aromatic hydroxyl groups is 3. The minimum Gasteiger partial charge on any atom is -0.508 e. The molecule has 4 aromatic rings. The molecule has 0 spiro atoms. The highest BCUT2D eigenvalue weighted by Gasteiger charge is 2.30. The maximum atomic E-state index is 10.9. The minimum absolute atomic E-state index is 0.0460. The Morgan fingerprint density at radius 2 is 0.875 bits per heavy atom. The molecule has 0 radical (unpaired) electrons. The highest BCUT2D eigenvalue weighted by atomic mass is 16.3.